The minimum absolute atomic E-state index is 0.145. The Morgan fingerprint density at radius 2 is 1.86 bits per heavy atom. The van der Waals surface area contributed by atoms with E-state index in [1.54, 1.807) is 45.4 Å². The molecule has 0 aliphatic heterocycles. The summed E-state index contributed by atoms with van der Waals surface area (Å²) >= 11 is 0. The van der Waals surface area contributed by atoms with E-state index in [9.17, 15) is 9.18 Å². The fourth-order valence-corrected chi connectivity index (χ4v) is 2.55. The zero-order chi connectivity index (χ0) is 20.1. The van der Waals surface area contributed by atoms with E-state index in [-0.39, 0.29) is 5.69 Å². The van der Waals surface area contributed by atoms with E-state index >= 15 is 0 Å². The summed E-state index contributed by atoms with van der Waals surface area (Å²) in [5, 5.41) is 5.73. The molecule has 1 aromatic heterocycles. The third-order valence-corrected chi connectivity index (χ3v) is 3.82. The highest BCUT2D eigenvalue weighted by molar-refractivity contribution is 6.03. The number of nitrogens with one attached hydrogen (secondary N) is 2. The first kappa shape index (κ1) is 19.1. The van der Waals surface area contributed by atoms with Gasteiger partial charge < -0.3 is 20.1 Å². The highest BCUT2D eigenvalue weighted by Gasteiger charge is 2.13. The molecule has 0 aliphatic carbocycles. The lowest BCUT2D eigenvalue weighted by atomic mass is 10.2. The molecule has 2 aromatic carbocycles. The smallest absolute Gasteiger partial charge is 0.274 e. The maximum Gasteiger partial charge on any atom is 0.274 e. The van der Waals surface area contributed by atoms with Crippen molar-refractivity contribution in [2.24, 2.45) is 0 Å². The van der Waals surface area contributed by atoms with E-state index in [4.69, 9.17) is 9.47 Å². The summed E-state index contributed by atoms with van der Waals surface area (Å²) in [6.07, 6.45) is 0. The third-order valence-electron chi connectivity index (χ3n) is 3.82. The van der Waals surface area contributed by atoms with Crippen molar-refractivity contribution in [2.45, 2.75) is 6.92 Å². The van der Waals surface area contributed by atoms with Crippen LogP contribution in [0.3, 0.4) is 0 Å². The third kappa shape index (κ3) is 4.53. The number of anilines is 3. The molecule has 1 amide bonds. The van der Waals surface area contributed by atoms with Crippen LogP contribution < -0.4 is 20.1 Å². The molecular weight excluding hydrogens is 363 g/mol. The van der Waals surface area contributed by atoms with E-state index in [1.165, 1.54) is 24.3 Å². The number of nitrogens with zero attached hydrogens (tertiary/aromatic N) is 2. The van der Waals surface area contributed by atoms with Gasteiger partial charge in [-0.3, -0.25) is 4.79 Å². The second-order valence-corrected chi connectivity index (χ2v) is 5.84. The van der Waals surface area contributed by atoms with E-state index in [0.717, 1.165) is 0 Å². The quantitative estimate of drug-likeness (QED) is 0.672. The summed E-state index contributed by atoms with van der Waals surface area (Å²) in [7, 11) is 3.11. The topological polar surface area (TPSA) is 85.4 Å². The molecule has 0 spiro atoms. The van der Waals surface area contributed by atoms with Crippen molar-refractivity contribution in [3.63, 3.8) is 0 Å². The zero-order valence-electron chi connectivity index (χ0n) is 15.6. The highest BCUT2D eigenvalue weighted by atomic mass is 19.1. The lowest BCUT2D eigenvalue weighted by molar-refractivity contribution is 0.102. The van der Waals surface area contributed by atoms with Crippen LogP contribution in [0, 0.1) is 12.7 Å². The van der Waals surface area contributed by atoms with Crippen molar-refractivity contribution in [3.05, 3.63) is 65.9 Å². The van der Waals surface area contributed by atoms with Gasteiger partial charge >= 0.3 is 0 Å². The minimum Gasteiger partial charge on any atom is -0.497 e. The summed E-state index contributed by atoms with van der Waals surface area (Å²) < 4.78 is 23.8. The fourth-order valence-electron chi connectivity index (χ4n) is 2.55. The van der Waals surface area contributed by atoms with Gasteiger partial charge in [-0.1, -0.05) is 6.07 Å². The molecule has 144 valence electrons. The van der Waals surface area contributed by atoms with E-state index < -0.39 is 11.7 Å². The number of amides is 1. The van der Waals surface area contributed by atoms with Gasteiger partial charge in [0.15, 0.2) is 0 Å². The molecule has 0 bridgehead atoms. The first-order valence-corrected chi connectivity index (χ1v) is 8.40. The van der Waals surface area contributed by atoms with Crippen LogP contribution in [0.25, 0.3) is 0 Å². The van der Waals surface area contributed by atoms with Gasteiger partial charge in [0.05, 0.1) is 19.9 Å². The summed E-state index contributed by atoms with van der Waals surface area (Å²) in [5.74, 6) is 1.12. The van der Waals surface area contributed by atoms with Crippen molar-refractivity contribution in [1.29, 1.82) is 0 Å². The summed E-state index contributed by atoms with van der Waals surface area (Å²) in [5.41, 5.74) is 1.14. The maximum absolute atomic E-state index is 13.3. The van der Waals surface area contributed by atoms with E-state index in [0.29, 0.717) is 34.5 Å². The van der Waals surface area contributed by atoms with Gasteiger partial charge in [-0.15, -0.1) is 0 Å². The zero-order valence-corrected chi connectivity index (χ0v) is 15.6. The molecule has 28 heavy (non-hydrogen) atoms. The van der Waals surface area contributed by atoms with Crippen molar-refractivity contribution >= 4 is 23.1 Å². The van der Waals surface area contributed by atoms with Gasteiger partial charge in [0.2, 0.25) is 0 Å². The standard InChI is InChI=1S/C20H19FN4O3/c1-12-22-17(20(26)24-14-6-4-5-13(21)9-14)11-19(23-12)25-16-8-7-15(27-2)10-18(16)28-3/h4-11H,1-3H3,(H,24,26)(H,22,23,25). The Bertz CT molecular complexity index is 1010. The minimum atomic E-state index is -0.471. The molecule has 8 heteroatoms. The van der Waals surface area contributed by atoms with Crippen LogP contribution >= 0.6 is 0 Å². The molecule has 0 saturated carbocycles. The van der Waals surface area contributed by atoms with Gasteiger partial charge in [-0.2, -0.15) is 0 Å². The Morgan fingerprint density at radius 3 is 2.57 bits per heavy atom. The molecule has 0 radical (unpaired) electrons. The number of carbonyl (C=O) groups is 1. The molecule has 3 aromatic rings. The number of methoxy groups -OCH3 is 2. The number of hydrogen-bond donors (Lipinski definition) is 2. The van der Waals surface area contributed by atoms with Gasteiger partial charge in [0.25, 0.3) is 5.91 Å². The molecule has 0 unspecified atom stereocenters. The Morgan fingerprint density at radius 1 is 1.04 bits per heavy atom. The normalized spacial score (nSPS) is 10.3. The first-order valence-electron chi connectivity index (χ1n) is 8.40. The second-order valence-electron chi connectivity index (χ2n) is 5.84. The van der Waals surface area contributed by atoms with Crippen LogP contribution in [0.1, 0.15) is 16.3 Å². The van der Waals surface area contributed by atoms with E-state index in [2.05, 4.69) is 20.6 Å². The van der Waals surface area contributed by atoms with Crippen molar-refractivity contribution in [2.75, 3.05) is 24.9 Å². The molecular formula is C20H19FN4O3. The Labute approximate surface area is 161 Å². The molecule has 0 aliphatic rings. The molecule has 0 saturated heterocycles. The number of carbonyl (C=O) groups excluding carboxylic acids is 1. The van der Waals surface area contributed by atoms with Gasteiger partial charge in [-0.05, 0) is 37.3 Å². The van der Waals surface area contributed by atoms with Crippen LogP contribution in [-0.2, 0) is 0 Å². The average molecular weight is 382 g/mol. The number of halogens is 1. The van der Waals surface area contributed by atoms with Gasteiger partial charge in [-0.25, -0.2) is 14.4 Å². The summed E-state index contributed by atoms with van der Waals surface area (Å²) in [6.45, 7) is 1.68. The predicted molar refractivity (Wildman–Crippen MR) is 104 cm³/mol. The Kier molecular flexibility index (Phi) is 5.69. The average Bonchev–Trinajstić information content (AvgIpc) is 2.68. The van der Waals surface area contributed by atoms with Crippen LogP contribution in [0.5, 0.6) is 11.5 Å². The number of ether oxygens (including phenoxy) is 2. The summed E-state index contributed by atoms with van der Waals surface area (Å²) in [6, 6.07) is 12.4. The lowest BCUT2D eigenvalue weighted by Gasteiger charge is -2.13. The number of aromatic nitrogens is 2. The monoisotopic (exact) mass is 382 g/mol. The predicted octanol–water partition coefficient (Wildman–Crippen LogP) is 3.94. The van der Waals surface area contributed by atoms with Crippen LogP contribution in [-0.4, -0.2) is 30.1 Å². The molecule has 0 atom stereocenters. The van der Waals surface area contributed by atoms with Crippen LogP contribution in [0.4, 0.5) is 21.6 Å². The van der Waals surface area contributed by atoms with Crippen LogP contribution in [0.15, 0.2) is 48.5 Å². The largest absolute Gasteiger partial charge is 0.497 e. The van der Waals surface area contributed by atoms with Crippen molar-refractivity contribution < 1.29 is 18.7 Å². The summed E-state index contributed by atoms with van der Waals surface area (Å²) in [4.78, 5) is 21.0. The fraction of sp³-hybridized carbons (Fsp3) is 0.150. The molecule has 1 heterocycles. The maximum atomic E-state index is 13.3. The van der Waals surface area contributed by atoms with E-state index in [1.807, 2.05) is 0 Å². The number of benzene rings is 2. The Balaban J connectivity index is 1.84. The highest BCUT2D eigenvalue weighted by Crippen LogP contribution is 2.31. The van der Waals surface area contributed by atoms with Crippen LogP contribution in [0.2, 0.25) is 0 Å². The molecule has 2 N–H and O–H groups in total. The first-order chi connectivity index (χ1) is 13.5. The number of hydrogen-bond acceptors (Lipinski definition) is 6. The molecule has 3 rings (SSSR count). The van der Waals surface area contributed by atoms with Gasteiger partial charge in [0.1, 0.15) is 34.7 Å². The van der Waals surface area contributed by atoms with Crippen molar-refractivity contribution in [3.8, 4) is 11.5 Å². The Hall–Kier alpha value is -3.68. The number of rotatable bonds is 6. The molecule has 7 nitrogen and oxygen atoms in total. The second kappa shape index (κ2) is 8.34. The lowest BCUT2D eigenvalue weighted by Crippen LogP contribution is -2.15. The van der Waals surface area contributed by atoms with Gasteiger partial charge in [0, 0.05) is 17.8 Å². The number of aryl methyl sites for hydroxylation is 1. The molecule has 0 fully saturated rings. The SMILES string of the molecule is COc1ccc(Nc2cc(C(=O)Nc3cccc(F)c3)nc(C)n2)c(OC)c1. The van der Waals surface area contributed by atoms with Crippen molar-refractivity contribution in [1.82, 2.24) is 9.97 Å².